The van der Waals surface area contributed by atoms with Crippen LogP contribution in [0.1, 0.15) is 11.3 Å². The van der Waals surface area contributed by atoms with Gasteiger partial charge in [-0.05, 0) is 29.8 Å². The summed E-state index contributed by atoms with van der Waals surface area (Å²) in [5, 5.41) is 3.35. The molecule has 0 aliphatic rings. The predicted octanol–water partition coefficient (Wildman–Crippen LogP) is 4.77. The van der Waals surface area contributed by atoms with E-state index in [1.807, 2.05) is 72.9 Å². The van der Waals surface area contributed by atoms with E-state index in [9.17, 15) is 0 Å². The second-order valence-corrected chi connectivity index (χ2v) is 6.56. The minimum atomic E-state index is 0.512. The second-order valence-electron chi connectivity index (χ2n) is 6.56. The van der Waals surface area contributed by atoms with E-state index in [1.165, 1.54) is 0 Å². The highest BCUT2D eigenvalue weighted by Gasteiger charge is 2.09. The summed E-state index contributed by atoms with van der Waals surface area (Å²) in [5.41, 5.74) is 3.94. The zero-order valence-corrected chi connectivity index (χ0v) is 16.0. The lowest BCUT2D eigenvalue weighted by atomic mass is 10.1. The largest absolute Gasteiger partial charge is 0.488 e. The minimum Gasteiger partial charge on any atom is -0.488 e. The number of pyridine rings is 1. The van der Waals surface area contributed by atoms with Crippen LogP contribution in [0.4, 0.5) is 5.82 Å². The van der Waals surface area contributed by atoms with Gasteiger partial charge in [-0.3, -0.25) is 4.98 Å². The highest BCUT2D eigenvalue weighted by Crippen LogP contribution is 2.29. The maximum Gasteiger partial charge on any atom is 0.129 e. The number of para-hydroxylation sites is 1. The Bertz CT molecular complexity index is 1040. The van der Waals surface area contributed by atoms with Gasteiger partial charge >= 0.3 is 0 Å². The molecule has 5 heteroatoms. The van der Waals surface area contributed by atoms with Crippen molar-refractivity contribution in [3.63, 3.8) is 0 Å². The Morgan fingerprint density at radius 1 is 0.793 bits per heavy atom. The normalized spacial score (nSPS) is 10.5. The van der Waals surface area contributed by atoms with Crippen LogP contribution in [0.2, 0.25) is 0 Å². The Morgan fingerprint density at radius 2 is 1.62 bits per heavy atom. The highest BCUT2D eigenvalue weighted by molar-refractivity contribution is 5.68. The maximum atomic E-state index is 6.07. The molecule has 0 radical (unpaired) electrons. The summed E-state index contributed by atoms with van der Waals surface area (Å²) in [6.45, 7) is 1.26. The minimum absolute atomic E-state index is 0.512. The van der Waals surface area contributed by atoms with Gasteiger partial charge in [0.2, 0.25) is 0 Å². The third-order valence-electron chi connectivity index (χ3n) is 4.48. The number of rotatable bonds is 8. The molecule has 29 heavy (non-hydrogen) atoms. The maximum absolute atomic E-state index is 6.07. The summed E-state index contributed by atoms with van der Waals surface area (Å²) < 4.78 is 6.07. The number of anilines is 1. The molecule has 0 saturated carbocycles. The Kier molecular flexibility index (Phi) is 6.08. The summed E-state index contributed by atoms with van der Waals surface area (Å²) in [7, 11) is 0. The molecule has 2 aromatic heterocycles. The van der Waals surface area contributed by atoms with E-state index in [0.717, 1.165) is 47.0 Å². The monoisotopic (exact) mass is 382 g/mol. The summed E-state index contributed by atoms with van der Waals surface area (Å²) >= 11 is 0. The van der Waals surface area contributed by atoms with Gasteiger partial charge in [0.05, 0.1) is 5.69 Å². The van der Waals surface area contributed by atoms with Crippen molar-refractivity contribution in [1.82, 2.24) is 15.0 Å². The molecular formula is C24H22N4O. The molecule has 1 N–H and O–H groups in total. The molecule has 0 atom stereocenters. The van der Waals surface area contributed by atoms with Crippen LogP contribution in [0, 0.1) is 0 Å². The number of nitrogens with one attached hydrogen (secondary N) is 1. The van der Waals surface area contributed by atoms with Gasteiger partial charge in [0.25, 0.3) is 0 Å². The van der Waals surface area contributed by atoms with Gasteiger partial charge in [-0.2, -0.15) is 0 Å². The van der Waals surface area contributed by atoms with Crippen LogP contribution in [0.15, 0.2) is 91.4 Å². The zero-order valence-electron chi connectivity index (χ0n) is 16.0. The van der Waals surface area contributed by atoms with Crippen LogP contribution in [0.25, 0.3) is 11.3 Å². The number of nitrogens with zero attached hydrogens (tertiary/aromatic N) is 3. The molecule has 0 aliphatic carbocycles. The van der Waals surface area contributed by atoms with E-state index in [1.54, 1.807) is 6.33 Å². The fourth-order valence-electron chi connectivity index (χ4n) is 3.01. The average Bonchev–Trinajstić information content (AvgIpc) is 2.79. The van der Waals surface area contributed by atoms with Gasteiger partial charge in [-0.1, -0.05) is 48.5 Å². The first-order chi connectivity index (χ1) is 14.4. The molecule has 4 aromatic rings. The molecule has 2 heterocycles. The molecule has 0 aliphatic heterocycles. The standard InChI is InChI=1S/C24H22N4O/c1-2-8-19(9-3-1)17-29-23-12-5-4-11-21(23)22-16-24(28-18-27-22)26-15-13-20-10-6-7-14-25-20/h1-12,14,16,18H,13,15,17H2,(H,26,27,28). The Morgan fingerprint density at radius 3 is 2.48 bits per heavy atom. The molecule has 5 nitrogen and oxygen atoms in total. The first-order valence-corrected chi connectivity index (χ1v) is 9.60. The lowest BCUT2D eigenvalue weighted by molar-refractivity contribution is 0.307. The third-order valence-corrected chi connectivity index (χ3v) is 4.48. The van der Waals surface area contributed by atoms with Gasteiger partial charge in [-0.25, -0.2) is 9.97 Å². The SMILES string of the molecule is c1ccc(COc2ccccc2-c2cc(NCCc3ccccn3)ncn2)cc1. The van der Waals surface area contributed by atoms with Crippen LogP contribution in [0.5, 0.6) is 5.75 Å². The second kappa shape index (κ2) is 9.46. The fourth-order valence-corrected chi connectivity index (χ4v) is 3.01. The van der Waals surface area contributed by atoms with Crippen molar-refractivity contribution in [2.45, 2.75) is 13.0 Å². The number of hydrogen-bond acceptors (Lipinski definition) is 5. The highest BCUT2D eigenvalue weighted by atomic mass is 16.5. The van der Waals surface area contributed by atoms with Gasteiger partial charge in [0.1, 0.15) is 24.5 Å². The summed E-state index contributed by atoms with van der Waals surface area (Å²) in [6.07, 6.45) is 4.22. The van der Waals surface area contributed by atoms with Crippen LogP contribution in [-0.2, 0) is 13.0 Å². The molecule has 2 aromatic carbocycles. The van der Waals surface area contributed by atoms with E-state index in [2.05, 4.69) is 32.4 Å². The van der Waals surface area contributed by atoms with E-state index in [0.29, 0.717) is 6.61 Å². The molecule has 0 amide bonds. The molecule has 144 valence electrons. The smallest absolute Gasteiger partial charge is 0.129 e. The summed E-state index contributed by atoms with van der Waals surface area (Å²) in [6, 6.07) is 26.0. The van der Waals surface area contributed by atoms with Crippen LogP contribution < -0.4 is 10.1 Å². The number of aromatic nitrogens is 3. The average molecular weight is 382 g/mol. The van der Waals surface area contributed by atoms with E-state index in [-0.39, 0.29) is 0 Å². The zero-order chi connectivity index (χ0) is 19.7. The van der Waals surface area contributed by atoms with Crippen molar-refractivity contribution in [1.29, 1.82) is 0 Å². The van der Waals surface area contributed by atoms with Gasteiger partial charge < -0.3 is 10.1 Å². The fraction of sp³-hybridized carbons (Fsp3) is 0.125. The quantitative estimate of drug-likeness (QED) is 0.476. The number of hydrogen-bond donors (Lipinski definition) is 1. The molecule has 0 bridgehead atoms. The first-order valence-electron chi connectivity index (χ1n) is 9.60. The number of benzene rings is 2. The lowest BCUT2D eigenvalue weighted by Gasteiger charge is -2.12. The van der Waals surface area contributed by atoms with Crippen molar-refractivity contribution in [3.05, 3.63) is 103 Å². The van der Waals surface area contributed by atoms with Crippen molar-refractivity contribution in [2.75, 3.05) is 11.9 Å². The molecular weight excluding hydrogens is 360 g/mol. The van der Waals surface area contributed by atoms with Crippen molar-refractivity contribution < 1.29 is 4.74 Å². The summed E-state index contributed by atoms with van der Waals surface area (Å²) in [5.74, 6) is 1.58. The lowest BCUT2D eigenvalue weighted by Crippen LogP contribution is -2.07. The Balaban J connectivity index is 1.45. The van der Waals surface area contributed by atoms with Gasteiger partial charge in [-0.15, -0.1) is 0 Å². The molecule has 0 spiro atoms. The topological polar surface area (TPSA) is 59.9 Å². The Hall–Kier alpha value is -3.73. The first kappa shape index (κ1) is 18.6. The van der Waals surface area contributed by atoms with E-state index < -0.39 is 0 Å². The molecule has 0 saturated heterocycles. The summed E-state index contributed by atoms with van der Waals surface area (Å²) in [4.78, 5) is 13.1. The third kappa shape index (κ3) is 5.17. The van der Waals surface area contributed by atoms with Gasteiger partial charge in [0.15, 0.2) is 0 Å². The molecule has 0 fully saturated rings. The molecule has 4 rings (SSSR count). The molecule has 0 unspecified atom stereocenters. The van der Waals surface area contributed by atoms with Crippen LogP contribution in [-0.4, -0.2) is 21.5 Å². The van der Waals surface area contributed by atoms with Crippen molar-refractivity contribution >= 4 is 5.82 Å². The van der Waals surface area contributed by atoms with Crippen molar-refractivity contribution in [2.24, 2.45) is 0 Å². The van der Waals surface area contributed by atoms with Crippen molar-refractivity contribution in [3.8, 4) is 17.0 Å². The Labute approximate surface area is 170 Å². The number of ether oxygens (including phenoxy) is 1. The van der Waals surface area contributed by atoms with Gasteiger partial charge in [0, 0.05) is 36.5 Å². The predicted molar refractivity (Wildman–Crippen MR) is 115 cm³/mol. The van der Waals surface area contributed by atoms with E-state index in [4.69, 9.17) is 4.74 Å². The van der Waals surface area contributed by atoms with E-state index >= 15 is 0 Å². The van der Waals surface area contributed by atoms with Crippen LogP contribution >= 0.6 is 0 Å². The van der Waals surface area contributed by atoms with Crippen LogP contribution in [0.3, 0.4) is 0 Å².